The minimum Gasteiger partial charge on any atom is -0.283 e. The normalized spacial score (nSPS) is 24.5. The fourth-order valence-corrected chi connectivity index (χ4v) is 7.26. The number of hydrogen-bond donors (Lipinski definition) is 0. The van der Waals surface area contributed by atoms with Crippen molar-refractivity contribution in [3.8, 4) is 0 Å². The maximum absolute atomic E-state index is 13.4. The Bertz CT molecular complexity index is 1180. The minimum absolute atomic E-state index is 0.0636. The maximum atomic E-state index is 13.4. The Balaban J connectivity index is 1.49. The van der Waals surface area contributed by atoms with Crippen molar-refractivity contribution in [1.29, 1.82) is 0 Å². The monoisotopic (exact) mass is 442 g/mol. The molecule has 3 atom stereocenters. The summed E-state index contributed by atoms with van der Waals surface area (Å²) >= 11 is 1.48. The average Bonchev–Trinajstić information content (AvgIpc) is 3.43. The van der Waals surface area contributed by atoms with Gasteiger partial charge in [-0.1, -0.05) is 48.6 Å². The Hall–Kier alpha value is -2.49. The molecular formula is C21H22N4O3S2. The molecular weight excluding hydrogens is 420 g/mol. The third kappa shape index (κ3) is 2.84. The molecule has 2 fully saturated rings. The molecule has 7 nitrogen and oxygen atoms in total. The quantitative estimate of drug-likeness (QED) is 0.622. The first-order chi connectivity index (χ1) is 14.4. The number of fused-ring (bicyclic) bond motifs is 2. The number of benzene rings is 2. The van der Waals surface area contributed by atoms with Crippen molar-refractivity contribution in [3.63, 3.8) is 0 Å². The number of aromatic nitrogens is 1. The first kappa shape index (κ1) is 19.5. The highest BCUT2D eigenvalue weighted by molar-refractivity contribution is 7.90. The van der Waals surface area contributed by atoms with Crippen LogP contribution in [0.15, 0.2) is 54.6 Å². The minimum atomic E-state index is -3.76. The van der Waals surface area contributed by atoms with Gasteiger partial charge in [0.1, 0.15) is 0 Å². The van der Waals surface area contributed by atoms with Crippen molar-refractivity contribution in [2.45, 2.75) is 25.4 Å². The van der Waals surface area contributed by atoms with E-state index < -0.39 is 22.2 Å². The van der Waals surface area contributed by atoms with E-state index in [1.807, 2.05) is 49.4 Å². The summed E-state index contributed by atoms with van der Waals surface area (Å²) in [6.07, 6.45) is 0.596. The summed E-state index contributed by atoms with van der Waals surface area (Å²) in [6, 6.07) is 16.2. The van der Waals surface area contributed by atoms with Crippen LogP contribution < -0.4 is 9.21 Å². The largest absolute Gasteiger partial charge is 0.304 e. The number of carbonyl (C=O) groups is 1. The summed E-state index contributed by atoms with van der Waals surface area (Å²) in [4.78, 5) is 19.6. The van der Waals surface area contributed by atoms with E-state index in [4.69, 9.17) is 0 Å². The molecule has 3 heterocycles. The van der Waals surface area contributed by atoms with Gasteiger partial charge < -0.3 is 0 Å². The van der Waals surface area contributed by atoms with Gasteiger partial charge in [0.05, 0.1) is 33.9 Å². The van der Waals surface area contributed by atoms with Crippen molar-refractivity contribution in [2.24, 2.45) is 5.92 Å². The maximum Gasteiger partial charge on any atom is 0.304 e. The van der Waals surface area contributed by atoms with Gasteiger partial charge in [-0.05, 0) is 30.7 Å². The molecule has 0 unspecified atom stereocenters. The molecule has 0 radical (unpaired) electrons. The number of carbonyl (C=O) groups excluding carboxylic acids is 1. The number of thiazole rings is 1. The van der Waals surface area contributed by atoms with Crippen molar-refractivity contribution < 1.29 is 13.2 Å². The molecule has 3 aromatic rings. The highest BCUT2D eigenvalue weighted by Crippen LogP contribution is 2.43. The van der Waals surface area contributed by atoms with Gasteiger partial charge in [0.15, 0.2) is 5.13 Å². The van der Waals surface area contributed by atoms with E-state index in [2.05, 4.69) is 4.98 Å². The SMILES string of the molecule is C[C@@H]1C(=O)N(c2nc3ccccc3s2)[C@H]2CCN(S(=O)(=O)N(C)c3ccccc3)[C@H]12. The molecule has 1 amide bonds. The van der Waals surface area contributed by atoms with Crippen molar-refractivity contribution in [3.05, 3.63) is 54.6 Å². The Morgan fingerprint density at radius 1 is 1.10 bits per heavy atom. The molecule has 156 valence electrons. The molecule has 2 aliphatic rings. The number of para-hydroxylation sites is 2. The van der Waals surface area contributed by atoms with Crippen LogP contribution in [-0.4, -0.2) is 49.3 Å². The number of anilines is 2. The predicted octanol–water partition coefficient (Wildman–Crippen LogP) is 3.10. The van der Waals surface area contributed by atoms with Gasteiger partial charge in [-0.15, -0.1) is 0 Å². The molecule has 0 N–H and O–H groups in total. The molecule has 0 bridgehead atoms. The summed E-state index contributed by atoms with van der Waals surface area (Å²) in [5.41, 5.74) is 1.45. The van der Waals surface area contributed by atoms with Gasteiger partial charge in [-0.3, -0.25) is 14.0 Å². The molecule has 0 spiro atoms. The molecule has 2 aliphatic heterocycles. The number of rotatable bonds is 4. The summed E-state index contributed by atoms with van der Waals surface area (Å²) in [5.74, 6) is -0.491. The number of hydrogen-bond acceptors (Lipinski definition) is 5. The molecule has 0 saturated carbocycles. The predicted molar refractivity (Wildman–Crippen MR) is 119 cm³/mol. The average molecular weight is 443 g/mol. The van der Waals surface area contributed by atoms with Crippen LogP contribution in [0.3, 0.4) is 0 Å². The number of nitrogens with zero attached hydrogens (tertiary/aromatic N) is 4. The van der Waals surface area contributed by atoms with E-state index >= 15 is 0 Å². The van der Waals surface area contributed by atoms with Crippen LogP contribution in [0.4, 0.5) is 10.8 Å². The van der Waals surface area contributed by atoms with Crippen LogP contribution in [0, 0.1) is 5.92 Å². The van der Waals surface area contributed by atoms with Gasteiger partial charge in [-0.25, -0.2) is 4.98 Å². The Morgan fingerprint density at radius 2 is 1.80 bits per heavy atom. The second-order valence-electron chi connectivity index (χ2n) is 7.73. The van der Waals surface area contributed by atoms with Crippen LogP contribution in [0.2, 0.25) is 0 Å². The zero-order valence-electron chi connectivity index (χ0n) is 16.7. The topological polar surface area (TPSA) is 73.8 Å². The highest BCUT2D eigenvalue weighted by Gasteiger charge is 2.56. The second kappa shape index (κ2) is 7.04. The van der Waals surface area contributed by atoms with Gasteiger partial charge in [-0.2, -0.15) is 12.7 Å². The molecule has 30 heavy (non-hydrogen) atoms. The number of amides is 1. The van der Waals surface area contributed by atoms with Gasteiger partial charge in [0.2, 0.25) is 5.91 Å². The fourth-order valence-electron chi connectivity index (χ4n) is 4.56. The summed E-state index contributed by atoms with van der Waals surface area (Å²) < 4.78 is 30.7. The highest BCUT2D eigenvalue weighted by atomic mass is 32.2. The fraction of sp³-hybridized carbons (Fsp3) is 0.333. The van der Waals surface area contributed by atoms with Crippen molar-refractivity contribution in [1.82, 2.24) is 9.29 Å². The Kier molecular flexibility index (Phi) is 4.57. The van der Waals surface area contributed by atoms with E-state index in [-0.39, 0.29) is 11.9 Å². The molecule has 1 aromatic heterocycles. The van der Waals surface area contributed by atoms with E-state index in [1.54, 1.807) is 24.1 Å². The van der Waals surface area contributed by atoms with E-state index in [0.29, 0.717) is 23.8 Å². The van der Waals surface area contributed by atoms with Crippen LogP contribution in [0.5, 0.6) is 0 Å². The lowest BCUT2D eigenvalue weighted by Gasteiger charge is -2.30. The van der Waals surface area contributed by atoms with Gasteiger partial charge >= 0.3 is 10.2 Å². The lowest BCUT2D eigenvalue weighted by Crippen LogP contribution is -2.48. The third-order valence-corrected chi connectivity index (χ3v) is 9.05. The van der Waals surface area contributed by atoms with Crippen LogP contribution in [0.25, 0.3) is 10.2 Å². The summed E-state index contributed by atoms with van der Waals surface area (Å²) in [6.45, 7) is 2.21. The van der Waals surface area contributed by atoms with Crippen molar-refractivity contribution in [2.75, 3.05) is 22.8 Å². The molecule has 2 aromatic carbocycles. The summed E-state index contributed by atoms with van der Waals surface area (Å²) in [5, 5.41) is 0.649. The molecule has 0 aliphatic carbocycles. The molecule has 9 heteroatoms. The second-order valence-corrected chi connectivity index (χ2v) is 10.7. The zero-order valence-corrected chi connectivity index (χ0v) is 18.3. The van der Waals surface area contributed by atoms with Gasteiger partial charge in [0.25, 0.3) is 0 Å². The van der Waals surface area contributed by atoms with Crippen LogP contribution in [-0.2, 0) is 15.0 Å². The first-order valence-electron chi connectivity index (χ1n) is 9.89. The lowest BCUT2D eigenvalue weighted by atomic mass is 10.0. The first-order valence-corrected chi connectivity index (χ1v) is 12.1. The Morgan fingerprint density at radius 3 is 2.53 bits per heavy atom. The zero-order chi connectivity index (χ0) is 21.0. The standard InChI is InChI=1S/C21H22N4O3S2/c1-14-19-17(25(20(14)26)21-22-16-10-6-7-11-18(16)29-21)12-13-24(19)30(27,28)23(2)15-8-4-3-5-9-15/h3-11,14,17,19H,12-13H2,1-2H3/t14-,17-,19+/m0/s1. The lowest BCUT2D eigenvalue weighted by molar-refractivity contribution is -0.120. The van der Waals surface area contributed by atoms with E-state index in [0.717, 1.165) is 10.2 Å². The molecule has 5 rings (SSSR count). The summed E-state index contributed by atoms with van der Waals surface area (Å²) in [7, 11) is -2.20. The van der Waals surface area contributed by atoms with Crippen LogP contribution in [0.1, 0.15) is 13.3 Å². The smallest absolute Gasteiger partial charge is 0.283 e. The third-order valence-electron chi connectivity index (χ3n) is 6.09. The molecule has 2 saturated heterocycles. The van der Waals surface area contributed by atoms with Crippen molar-refractivity contribution >= 4 is 48.5 Å². The van der Waals surface area contributed by atoms with Gasteiger partial charge in [0, 0.05) is 13.6 Å². The Labute approximate surface area is 179 Å². The van der Waals surface area contributed by atoms with E-state index in [9.17, 15) is 13.2 Å². The van der Waals surface area contributed by atoms with E-state index in [1.165, 1.54) is 19.9 Å². The van der Waals surface area contributed by atoms with Crippen LogP contribution >= 0.6 is 11.3 Å².